The Morgan fingerprint density at radius 2 is 1.71 bits per heavy atom. The standard InChI is InChI=1S/C32H35N5O4/c1-21(2)37(28(38)20-36-17-15-33-16-18-36)25-12-10-24(11-13-25)34-30(22-7-5-4-6-8-22)29-26-14-9-23(32(40)41-3)19-27(26)35-31(29)39/h4-14,19,21,33,35,39H,15-18,20H2,1-3H3. The van der Waals surface area contributed by atoms with Crippen molar-refractivity contribution in [3.63, 3.8) is 0 Å². The Kier molecular flexibility index (Phi) is 8.47. The summed E-state index contributed by atoms with van der Waals surface area (Å²) in [5.74, 6) is -0.440. The van der Waals surface area contributed by atoms with E-state index in [0.29, 0.717) is 34.6 Å². The molecule has 4 aromatic rings. The third-order valence-corrected chi connectivity index (χ3v) is 7.21. The lowest BCUT2D eigenvalue weighted by Crippen LogP contribution is -2.49. The largest absolute Gasteiger partial charge is 0.494 e. The highest BCUT2D eigenvalue weighted by atomic mass is 16.5. The van der Waals surface area contributed by atoms with Crippen molar-refractivity contribution < 1.29 is 19.4 Å². The number of benzene rings is 3. The van der Waals surface area contributed by atoms with E-state index in [-0.39, 0.29) is 17.8 Å². The van der Waals surface area contributed by atoms with Gasteiger partial charge in [0.15, 0.2) is 5.88 Å². The molecule has 1 aromatic heterocycles. The number of rotatable bonds is 8. The molecule has 0 aliphatic carbocycles. The molecule has 0 spiro atoms. The van der Waals surface area contributed by atoms with Crippen molar-refractivity contribution >= 4 is 39.9 Å². The van der Waals surface area contributed by atoms with Gasteiger partial charge in [-0.1, -0.05) is 36.4 Å². The van der Waals surface area contributed by atoms with Gasteiger partial charge in [0.1, 0.15) is 0 Å². The molecule has 1 saturated heterocycles. The second-order valence-electron chi connectivity index (χ2n) is 10.3. The van der Waals surface area contributed by atoms with Crippen LogP contribution in [0.5, 0.6) is 5.88 Å². The molecule has 212 valence electrons. The summed E-state index contributed by atoms with van der Waals surface area (Å²) in [4.78, 5) is 37.3. The van der Waals surface area contributed by atoms with E-state index in [1.807, 2.05) is 73.3 Å². The molecule has 5 rings (SSSR count). The first kappa shape index (κ1) is 28.1. The summed E-state index contributed by atoms with van der Waals surface area (Å²) in [6, 6.07) is 22.3. The van der Waals surface area contributed by atoms with Crippen LogP contribution in [-0.2, 0) is 9.53 Å². The fourth-order valence-electron chi connectivity index (χ4n) is 5.21. The van der Waals surface area contributed by atoms with E-state index in [4.69, 9.17) is 9.73 Å². The van der Waals surface area contributed by atoms with Gasteiger partial charge in [0, 0.05) is 54.4 Å². The number of aromatic nitrogens is 1. The molecule has 0 saturated carbocycles. The van der Waals surface area contributed by atoms with E-state index in [2.05, 4.69) is 15.2 Å². The molecule has 1 fully saturated rings. The molecule has 3 N–H and O–H groups in total. The minimum absolute atomic E-state index is 0.00213. The van der Waals surface area contributed by atoms with Crippen molar-refractivity contribution in [2.24, 2.45) is 4.99 Å². The molecule has 9 heteroatoms. The number of esters is 1. The van der Waals surface area contributed by atoms with Gasteiger partial charge in [-0.25, -0.2) is 9.79 Å². The van der Waals surface area contributed by atoms with Gasteiger partial charge in [0.2, 0.25) is 5.91 Å². The highest BCUT2D eigenvalue weighted by Gasteiger charge is 2.23. The van der Waals surface area contributed by atoms with E-state index in [1.54, 1.807) is 18.2 Å². The van der Waals surface area contributed by atoms with Crippen LogP contribution in [-0.4, -0.2) is 78.5 Å². The van der Waals surface area contributed by atoms with E-state index < -0.39 is 5.97 Å². The van der Waals surface area contributed by atoms with Gasteiger partial charge in [0.05, 0.1) is 36.2 Å². The number of hydrogen-bond donors (Lipinski definition) is 3. The number of amides is 1. The van der Waals surface area contributed by atoms with Crippen molar-refractivity contribution in [1.82, 2.24) is 15.2 Å². The number of aliphatic imine (C=N–C) groups is 1. The Labute approximate surface area is 239 Å². The minimum Gasteiger partial charge on any atom is -0.494 e. The highest BCUT2D eigenvalue weighted by molar-refractivity contribution is 6.22. The summed E-state index contributed by atoms with van der Waals surface area (Å²) < 4.78 is 4.84. The summed E-state index contributed by atoms with van der Waals surface area (Å²) in [6.07, 6.45) is 0. The van der Waals surface area contributed by atoms with E-state index >= 15 is 0 Å². The van der Waals surface area contributed by atoms with E-state index in [0.717, 1.165) is 42.8 Å². The summed E-state index contributed by atoms with van der Waals surface area (Å²) >= 11 is 0. The van der Waals surface area contributed by atoms with Crippen LogP contribution < -0.4 is 10.2 Å². The maximum atomic E-state index is 13.3. The molecule has 0 bridgehead atoms. The van der Waals surface area contributed by atoms with Crippen LogP contribution in [0.2, 0.25) is 0 Å². The van der Waals surface area contributed by atoms with Crippen LogP contribution in [0.4, 0.5) is 11.4 Å². The zero-order valence-electron chi connectivity index (χ0n) is 23.6. The topological polar surface area (TPSA) is 110 Å². The molecule has 1 aliphatic rings. The third-order valence-electron chi connectivity index (χ3n) is 7.21. The molecule has 3 aromatic carbocycles. The number of methoxy groups -OCH3 is 1. The van der Waals surface area contributed by atoms with Crippen molar-refractivity contribution in [1.29, 1.82) is 0 Å². The van der Waals surface area contributed by atoms with Gasteiger partial charge in [-0.15, -0.1) is 0 Å². The first-order chi connectivity index (χ1) is 19.9. The molecule has 0 radical (unpaired) electrons. The number of aromatic amines is 1. The minimum atomic E-state index is -0.457. The van der Waals surface area contributed by atoms with E-state index in [1.165, 1.54) is 7.11 Å². The number of nitrogens with zero attached hydrogens (tertiary/aromatic N) is 3. The van der Waals surface area contributed by atoms with Crippen molar-refractivity contribution in [2.45, 2.75) is 19.9 Å². The lowest BCUT2D eigenvalue weighted by molar-refractivity contribution is -0.120. The van der Waals surface area contributed by atoms with Crippen LogP contribution in [0.15, 0.2) is 77.8 Å². The number of carbonyl (C=O) groups is 2. The van der Waals surface area contributed by atoms with Crippen LogP contribution in [0.25, 0.3) is 10.9 Å². The Morgan fingerprint density at radius 1 is 1.00 bits per heavy atom. The van der Waals surface area contributed by atoms with Gasteiger partial charge in [0.25, 0.3) is 0 Å². The summed E-state index contributed by atoms with van der Waals surface area (Å²) in [5, 5.41) is 15.0. The molecule has 2 heterocycles. The molecule has 0 unspecified atom stereocenters. The number of carbonyl (C=O) groups excluding carboxylic acids is 2. The number of H-pyrrole nitrogens is 1. The van der Waals surface area contributed by atoms with Crippen molar-refractivity contribution in [3.05, 3.63) is 89.5 Å². The van der Waals surface area contributed by atoms with Crippen molar-refractivity contribution in [2.75, 3.05) is 44.7 Å². The molecular weight excluding hydrogens is 518 g/mol. The Hall–Kier alpha value is -4.47. The first-order valence-corrected chi connectivity index (χ1v) is 13.8. The lowest BCUT2D eigenvalue weighted by atomic mass is 10.00. The number of anilines is 1. The second kappa shape index (κ2) is 12.4. The highest BCUT2D eigenvalue weighted by Crippen LogP contribution is 2.33. The van der Waals surface area contributed by atoms with Gasteiger partial charge in [-0.2, -0.15) is 0 Å². The molecular formula is C32H35N5O4. The maximum absolute atomic E-state index is 13.3. The number of piperazine rings is 1. The van der Waals surface area contributed by atoms with Gasteiger partial charge < -0.3 is 25.0 Å². The average Bonchev–Trinajstić information content (AvgIpc) is 3.31. The van der Waals surface area contributed by atoms with Gasteiger partial charge in [-0.3, -0.25) is 9.69 Å². The smallest absolute Gasteiger partial charge is 0.337 e. The zero-order valence-corrected chi connectivity index (χ0v) is 23.6. The zero-order chi connectivity index (χ0) is 28.9. The van der Waals surface area contributed by atoms with Crippen LogP contribution >= 0.6 is 0 Å². The predicted octanol–water partition coefficient (Wildman–Crippen LogP) is 4.48. The second-order valence-corrected chi connectivity index (χ2v) is 10.3. The first-order valence-electron chi connectivity index (χ1n) is 13.8. The molecule has 9 nitrogen and oxygen atoms in total. The van der Waals surface area contributed by atoms with Crippen LogP contribution in [0.3, 0.4) is 0 Å². The van der Waals surface area contributed by atoms with Crippen LogP contribution in [0.1, 0.15) is 35.3 Å². The third kappa shape index (κ3) is 6.16. The number of ether oxygens (including phenoxy) is 1. The van der Waals surface area contributed by atoms with E-state index in [9.17, 15) is 14.7 Å². The predicted molar refractivity (Wildman–Crippen MR) is 161 cm³/mol. The number of hydrogen-bond acceptors (Lipinski definition) is 7. The lowest BCUT2D eigenvalue weighted by Gasteiger charge is -2.32. The normalized spacial score (nSPS) is 14.4. The number of aromatic hydroxyl groups is 1. The molecule has 41 heavy (non-hydrogen) atoms. The summed E-state index contributed by atoms with van der Waals surface area (Å²) in [6.45, 7) is 7.92. The van der Waals surface area contributed by atoms with Gasteiger partial charge >= 0.3 is 5.97 Å². The summed E-state index contributed by atoms with van der Waals surface area (Å²) in [5.41, 5.74) is 4.37. The van der Waals surface area contributed by atoms with Crippen molar-refractivity contribution in [3.8, 4) is 5.88 Å². The SMILES string of the molecule is COC(=O)c1ccc2c(C(=Nc3ccc(N(C(=O)CN4CCNCC4)C(C)C)cc3)c3ccccc3)c(O)[nH]c2c1. The summed E-state index contributed by atoms with van der Waals surface area (Å²) in [7, 11) is 1.33. The molecule has 1 aliphatic heterocycles. The molecule has 0 atom stereocenters. The van der Waals surface area contributed by atoms with Gasteiger partial charge in [-0.05, 0) is 50.2 Å². The fraction of sp³-hybridized carbons (Fsp3) is 0.281. The maximum Gasteiger partial charge on any atom is 0.337 e. The monoisotopic (exact) mass is 553 g/mol. The Morgan fingerprint density at radius 3 is 2.37 bits per heavy atom. The Balaban J connectivity index is 1.50. The van der Waals surface area contributed by atoms with Crippen LogP contribution in [0, 0.1) is 0 Å². The number of fused-ring (bicyclic) bond motifs is 1. The average molecular weight is 554 g/mol. The fourth-order valence-corrected chi connectivity index (χ4v) is 5.21. The quantitative estimate of drug-likeness (QED) is 0.219. The Bertz CT molecular complexity index is 1550. The molecule has 1 amide bonds. The number of nitrogens with one attached hydrogen (secondary N) is 2.